The van der Waals surface area contributed by atoms with E-state index in [1.807, 2.05) is 42.5 Å². The maximum absolute atomic E-state index is 10.0. The Morgan fingerprint density at radius 3 is 1.67 bits per heavy atom. The van der Waals surface area contributed by atoms with Crippen LogP contribution in [0.25, 0.3) is 0 Å². The van der Waals surface area contributed by atoms with Crippen LogP contribution in [0.15, 0.2) is 84.9 Å². The van der Waals surface area contributed by atoms with Gasteiger partial charge in [0, 0.05) is 11.0 Å². The zero-order chi connectivity index (χ0) is 17.4. The van der Waals surface area contributed by atoms with Gasteiger partial charge in [-0.25, -0.2) is 0 Å². The van der Waals surface area contributed by atoms with E-state index in [0.29, 0.717) is 11.5 Å². The molecule has 0 aromatic heterocycles. The fourth-order valence-electron chi connectivity index (χ4n) is 2.72. The van der Waals surface area contributed by atoms with E-state index in [1.165, 1.54) is 5.56 Å². The van der Waals surface area contributed by atoms with Crippen molar-refractivity contribution in [3.05, 3.63) is 96.1 Å². The molecule has 0 heterocycles. The summed E-state index contributed by atoms with van der Waals surface area (Å²) in [5.74, 6) is 0.697. The number of hydrogen-bond donors (Lipinski definition) is 2. The van der Waals surface area contributed by atoms with Crippen molar-refractivity contribution < 1.29 is 10.2 Å². The lowest BCUT2D eigenvalue weighted by Crippen LogP contribution is -2.22. The number of aromatic hydroxyl groups is 2. The predicted molar refractivity (Wildman–Crippen MR) is 99.4 cm³/mol. The molecule has 124 valence electrons. The second-order valence-corrected chi connectivity index (χ2v) is 5.90. The quantitative estimate of drug-likeness (QED) is 0.669. The third-order valence-corrected chi connectivity index (χ3v) is 4.37. The molecule has 0 radical (unpaired) electrons. The molecule has 2 heteroatoms. The van der Waals surface area contributed by atoms with Gasteiger partial charge in [0.15, 0.2) is 0 Å². The fourth-order valence-corrected chi connectivity index (χ4v) is 2.72. The van der Waals surface area contributed by atoms with Crippen molar-refractivity contribution in [2.75, 3.05) is 0 Å². The third kappa shape index (κ3) is 4.17. The Kier molecular flexibility index (Phi) is 6.02. The van der Waals surface area contributed by atoms with Crippen molar-refractivity contribution in [3.63, 3.8) is 0 Å². The Morgan fingerprint density at radius 1 is 0.708 bits per heavy atom. The summed E-state index contributed by atoms with van der Waals surface area (Å²) in [7, 11) is 0. The maximum atomic E-state index is 10.0. The molecule has 0 fully saturated rings. The van der Waals surface area contributed by atoms with Crippen molar-refractivity contribution in [3.8, 4) is 11.5 Å². The topological polar surface area (TPSA) is 40.5 Å². The lowest BCUT2D eigenvalue weighted by molar-refractivity contribution is 0.441. The minimum absolute atomic E-state index is 0.132. The monoisotopic (exact) mass is 320 g/mol. The molecular weight excluding hydrogens is 296 g/mol. The van der Waals surface area contributed by atoms with Crippen molar-refractivity contribution >= 4 is 0 Å². The molecular formula is C22H24O2. The molecule has 1 atom stereocenters. The Balaban J connectivity index is 0.000000249. The zero-order valence-corrected chi connectivity index (χ0v) is 14.2. The van der Waals surface area contributed by atoms with Crippen LogP contribution in [-0.2, 0) is 5.41 Å². The molecule has 24 heavy (non-hydrogen) atoms. The van der Waals surface area contributed by atoms with Gasteiger partial charge in [-0.15, -0.1) is 0 Å². The SMILES string of the molecule is CCC(C)(c1ccccc1)c1ccccc1O.Oc1ccccc1. The van der Waals surface area contributed by atoms with Gasteiger partial charge in [-0.2, -0.15) is 0 Å². The summed E-state index contributed by atoms with van der Waals surface area (Å²) in [6.45, 7) is 4.33. The van der Waals surface area contributed by atoms with Crippen LogP contribution < -0.4 is 0 Å². The molecule has 0 aliphatic carbocycles. The van der Waals surface area contributed by atoms with Gasteiger partial charge >= 0.3 is 0 Å². The standard InChI is InChI=1S/C16H18O.C6H6O/c1-3-16(2,13-9-5-4-6-10-13)14-11-7-8-12-15(14)17;7-6-4-2-1-3-5-6/h4-12,17H,3H2,1-2H3;1-5,7H. The van der Waals surface area contributed by atoms with E-state index in [1.54, 1.807) is 30.3 Å². The molecule has 0 aliphatic rings. The van der Waals surface area contributed by atoms with Crippen LogP contribution in [0, 0.1) is 0 Å². The summed E-state index contributed by atoms with van der Waals surface area (Å²) in [5, 5.41) is 18.7. The molecule has 2 N–H and O–H groups in total. The number of hydrogen-bond acceptors (Lipinski definition) is 2. The van der Waals surface area contributed by atoms with Gasteiger partial charge in [-0.05, 0) is 30.2 Å². The highest BCUT2D eigenvalue weighted by Crippen LogP contribution is 2.39. The van der Waals surface area contributed by atoms with E-state index in [2.05, 4.69) is 26.0 Å². The smallest absolute Gasteiger partial charge is 0.119 e. The van der Waals surface area contributed by atoms with Gasteiger partial charge in [0.2, 0.25) is 0 Å². The highest BCUT2D eigenvalue weighted by Gasteiger charge is 2.28. The van der Waals surface area contributed by atoms with E-state index in [0.717, 1.165) is 12.0 Å². The predicted octanol–water partition coefficient (Wildman–Crippen LogP) is 5.50. The van der Waals surface area contributed by atoms with Gasteiger partial charge in [0.1, 0.15) is 11.5 Å². The molecule has 3 aromatic carbocycles. The fraction of sp³-hybridized carbons (Fsp3) is 0.182. The van der Waals surface area contributed by atoms with Gasteiger partial charge in [-0.1, -0.05) is 80.6 Å². The molecule has 3 aromatic rings. The van der Waals surface area contributed by atoms with Crippen LogP contribution >= 0.6 is 0 Å². The Hall–Kier alpha value is -2.74. The number of para-hydroxylation sites is 2. The average Bonchev–Trinajstić information content (AvgIpc) is 2.63. The van der Waals surface area contributed by atoms with Crippen LogP contribution in [0.3, 0.4) is 0 Å². The summed E-state index contributed by atoms with van der Waals surface area (Å²) in [6.07, 6.45) is 0.953. The Bertz CT molecular complexity index is 738. The first-order chi connectivity index (χ1) is 11.6. The summed E-state index contributed by atoms with van der Waals surface area (Å²) >= 11 is 0. The average molecular weight is 320 g/mol. The van der Waals surface area contributed by atoms with E-state index in [-0.39, 0.29) is 5.41 Å². The first kappa shape index (κ1) is 17.6. The van der Waals surface area contributed by atoms with E-state index >= 15 is 0 Å². The van der Waals surface area contributed by atoms with Crippen molar-refractivity contribution in [1.29, 1.82) is 0 Å². The molecule has 2 nitrogen and oxygen atoms in total. The molecule has 0 saturated heterocycles. The normalized spacial score (nSPS) is 12.6. The number of phenolic OH excluding ortho intramolecular Hbond substituents is 2. The van der Waals surface area contributed by atoms with Crippen molar-refractivity contribution in [1.82, 2.24) is 0 Å². The second kappa shape index (κ2) is 8.21. The highest BCUT2D eigenvalue weighted by atomic mass is 16.3. The lowest BCUT2D eigenvalue weighted by Gasteiger charge is -2.30. The lowest BCUT2D eigenvalue weighted by atomic mass is 9.74. The van der Waals surface area contributed by atoms with E-state index in [9.17, 15) is 5.11 Å². The molecule has 0 saturated carbocycles. The summed E-state index contributed by atoms with van der Waals surface area (Å²) in [5.41, 5.74) is 2.10. The number of benzene rings is 3. The summed E-state index contributed by atoms with van der Waals surface area (Å²) in [4.78, 5) is 0. The molecule has 1 unspecified atom stereocenters. The first-order valence-corrected chi connectivity index (χ1v) is 8.16. The largest absolute Gasteiger partial charge is 0.508 e. The zero-order valence-electron chi connectivity index (χ0n) is 14.2. The van der Waals surface area contributed by atoms with Crippen molar-refractivity contribution in [2.24, 2.45) is 0 Å². The minimum atomic E-state index is -0.132. The Morgan fingerprint density at radius 2 is 1.21 bits per heavy atom. The van der Waals surface area contributed by atoms with Crippen LogP contribution in [0.5, 0.6) is 11.5 Å². The molecule has 0 aliphatic heterocycles. The molecule has 0 spiro atoms. The number of rotatable bonds is 3. The summed E-state index contributed by atoms with van der Waals surface area (Å²) < 4.78 is 0. The van der Waals surface area contributed by atoms with Crippen LogP contribution in [0.4, 0.5) is 0 Å². The minimum Gasteiger partial charge on any atom is -0.508 e. The van der Waals surface area contributed by atoms with Gasteiger partial charge in [0.05, 0.1) is 0 Å². The van der Waals surface area contributed by atoms with Crippen molar-refractivity contribution in [2.45, 2.75) is 25.7 Å². The molecule has 0 amide bonds. The van der Waals surface area contributed by atoms with Crippen LogP contribution in [0.1, 0.15) is 31.4 Å². The van der Waals surface area contributed by atoms with E-state index in [4.69, 9.17) is 5.11 Å². The van der Waals surface area contributed by atoms with E-state index < -0.39 is 0 Å². The second-order valence-electron chi connectivity index (χ2n) is 5.90. The van der Waals surface area contributed by atoms with Gasteiger partial charge in [0.25, 0.3) is 0 Å². The third-order valence-electron chi connectivity index (χ3n) is 4.37. The Labute approximate surface area is 144 Å². The number of phenols is 2. The summed E-state index contributed by atoms with van der Waals surface area (Å²) in [6, 6.07) is 26.7. The van der Waals surface area contributed by atoms with Gasteiger partial charge < -0.3 is 10.2 Å². The van der Waals surface area contributed by atoms with Gasteiger partial charge in [-0.3, -0.25) is 0 Å². The maximum Gasteiger partial charge on any atom is 0.119 e. The first-order valence-electron chi connectivity index (χ1n) is 8.16. The van der Waals surface area contributed by atoms with Crippen LogP contribution in [-0.4, -0.2) is 10.2 Å². The highest BCUT2D eigenvalue weighted by molar-refractivity contribution is 5.45. The van der Waals surface area contributed by atoms with Crippen LogP contribution in [0.2, 0.25) is 0 Å². The molecule has 0 bridgehead atoms. The molecule has 3 rings (SSSR count).